The van der Waals surface area contributed by atoms with E-state index in [1.54, 1.807) is 12.1 Å². The van der Waals surface area contributed by atoms with Crippen molar-refractivity contribution in [3.63, 3.8) is 0 Å². The van der Waals surface area contributed by atoms with Gasteiger partial charge in [0.15, 0.2) is 0 Å². The lowest BCUT2D eigenvalue weighted by Crippen LogP contribution is -2.34. The molecule has 3 rings (SSSR count). The Hall–Kier alpha value is -3.67. The van der Waals surface area contributed by atoms with E-state index in [1.165, 1.54) is 12.1 Å². The predicted molar refractivity (Wildman–Crippen MR) is 149 cm³/mol. The second kappa shape index (κ2) is 13.0. The summed E-state index contributed by atoms with van der Waals surface area (Å²) in [6.45, 7) is 6.73. The first-order valence-electron chi connectivity index (χ1n) is 12.9. The quantitative estimate of drug-likeness (QED) is 0.321. The number of benzene rings is 3. The molecule has 0 fully saturated rings. The van der Waals surface area contributed by atoms with Crippen molar-refractivity contribution in [3.05, 3.63) is 95.3 Å². The molecular formula is C31H38FN3O2. The molecule has 5 nitrogen and oxygen atoms in total. The molecule has 0 spiro atoms. The highest BCUT2D eigenvalue weighted by atomic mass is 19.1. The van der Waals surface area contributed by atoms with Crippen LogP contribution in [0.25, 0.3) is 0 Å². The highest BCUT2D eigenvalue weighted by Crippen LogP contribution is 2.29. The molecule has 196 valence electrons. The van der Waals surface area contributed by atoms with E-state index in [9.17, 15) is 14.0 Å². The molecule has 0 aliphatic rings. The highest BCUT2D eigenvalue weighted by Gasteiger charge is 2.26. The number of carbonyl (C=O) groups excluding carboxylic acids is 2. The fraction of sp³-hybridized carbons (Fsp3) is 0.355. The van der Waals surface area contributed by atoms with Gasteiger partial charge in [-0.15, -0.1) is 0 Å². The summed E-state index contributed by atoms with van der Waals surface area (Å²) in [7, 11) is 3.92. The Bertz CT molecular complexity index is 1180. The average Bonchev–Trinajstić information content (AvgIpc) is 2.85. The molecule has 3 aromatic carbocycles. The molecule has 0 unspecified atom stereocenters. The molecule has 37 heavy (non-hydrogen) atoms. The molecule has 0 aromatic heterocycles. The standard InChI is InChI=1S/C31H38FN3O2/c1-6-28(24-10-8-7-9-11-24)31(37)35(20-23-12-14-26(32)15-13-23)21-25-19-27(16-17-29(25)34(4)5)33-30(36)18-22(2)3/h7-17,19,22,28H,6,18,20-21H2,1-5H3,(H,33,36)/t28-/m0/s1. The number of nitrogens with one attached hydrogen (secondary N) is 1. The number of anilines is 2. The molecule has 0 radical (unpaired) electrons. The normalized spacial score (nSPS) is 11.8. The molecule has 2 amide bonds. The zero-order valence-electron chi connectivity index (χ0n) is 22.5. The Labute approximate surface area is 220 Å². The number of rotatable bonds is 11. The zero-order valence-corrected chi connectivity index (χ0v) is 22.5. The van der Waals surface area contributed by atoms with Crippen LogP contribution in [0, 0.1) is 11.7 Å². The second-order valence-electron chi connectivity index (χ2n) is 10.1. The lowest BCUT2D eigenvalue weighted by Gasteiger charge is -2.29. The van der Waals surface area contributed by atoms with E-state index in [4.69, 9.17) is 0 Å². The van der Waals surface area contributed by atoms with Crippen LogP contribution >= 0.6 is 0 Å². The molecule has 1 atom stereocenters. The van der Waals surface area contributed by atoms with Gasteiger partial charge in [-0.05, 0) is 59.4 Å². The third-order valence-electron chi connectivity index (χ3n) is 6.31. The summed E-state index contributed by atoms with van der Waals surface area (Å²) in [4.78, 5) is 30.2. The minimum atomic E-state index is -0.308. The van der Waals surface area contributed by atoms with Gasteiger partial charge in [0.2, 0.25) is 11.8 Å². The summed E-state index contributed by atoms with van der Waals surface area (Å²) in [6.07, 6.45) is 1.10. The van der Waals surface area contributed by atoms with Gasteiger partial charge in [0, 0.05) is 45.0 Å². The Balaban J connectivity index is 1.97. The van der Waals surface area contributed by atoms with Crippen LogP contribution in [-0.2, 0) is 22.7 Å². The van der Waals surface area contributed by atoms with Crippen molar-refractivity contribution in [1.82, 2.24) is 4.90 Å². The van der Waals surface area contributed by atoms with Crippen LogP contribution < -0.4 is 10.2 Å². The molecule has 0 saturated heterocycles. The largest absolute Gasteiger partial charge is 0.377 e. The number of nitrogens with zero attached hydrogens (tertiary/aromatic N) is 2. The third-order valence-corrected chi connectivity index (χ3v) is 6.31. The maximum Gasteiger partial charge on any atom is 0.230 e. The predicted octanol–water partition coefficient (Wildman–Crippen LogP) is 6.60. The van der Waals surface area contributed by atoms with Crippen molar-refractivity contribution in [2.45, 2.75) is 52.6 Å². The summed E-state index contributed by atoms with van der Waals surface area (Å²) in [5.41, 5.74) is 4.42. The Morgan fingerprint density at radius 1 is 0.919 bits per heavy atom. The van der Waals surface area contributed by atoms with Crippen molar-refractivity contribution >= 4 is 23.2 Å². The SMILES string of the molecule is CC[C@H](C(=O)N(Cc1ccc(F)cc1)Cc1cc(NC(=O)CC(C)C)ccc1N(C)C)c1ccccc1. The van der Waals surface area contributed by atoms with Crippen LogP contribution in [0.3, 0.4) is 0 Å². The van der Waals surface area contributed by atoms with E-state index in [0.29, 0.717) is 31.6 Å². The Kier molecular flexibility index (Phi) is 9.84. The molecule has 0 saturated carbocycles. The monoisotopic (exact) mass is 503 g/mol. The maximum absolute atomic E-state index is 14.0. The topological polar surface area (TPSA) is 52.7 Å². The maximum atomic E-state index is 14.0. The van der Waals surface area contributed by atoms with Gasteiger partial charge in [-0.1, -0.05) is 63.2 Å². The summed E-state index contributed by atoms with van der Waals surface area (Å²) in [5, 5.41) is 3.00. The van der Waals surface area contributed by atoms with Crippen molar-refractivity contribution < 1.29 is 14.0 Å². The Morgan fingerprint density at radius 2 is 1.59 bits per heavy atom. The van der Waals surface area contributed by atoms with Gasteiger partial charge in [0.25, 0.3) is 0 Å². The number of hydrogen-bond acceptors (Lipinski definition) is 3. The first-order chi connectivity index (χ1) is 17.7. The van der Waals surface area contributed by atoms with Crippen molar-refractivity contribution in [3.8, 4) is 0 Å². The average molecular weight is 504 g/mol. The van der Waals surface area contributed by atoms with Crippen molar-refractivity contribution in [2.75, 3.05) is 24.3 Å². The van der Waals surface area contributed by atoms with E-state index in [0.717, 1.165) is 22.4 Å². The molecule has 1 N–H and O–H groups in total. The van der Waals surface area contributed by atoms with Crippen LogP contribution in [0.2, 0.25) is 0 Å². The summed E-state index contributed by atoms with van der Waals surface area (Å²) < 4.78 is 13.6. The minimum Gasteiger partial charge on any atom is -0.377 e. The third kappa shape index (κ3) is 7.91. The van der Waals surface area contributed by atoms with Gasteiger partial charge in [-0.25, -0.2) is 4.39 Å². The first-order valence-corrected chi connectivity index (χ1v) is 12.9. The van der Waals surface area contributed by atoms with Crippen LogP contribution in [0.15, 0.2) is 72.8 Å². The van der Waals surface area contributed by atoms with Crippen molar-refractivity contribution in [2.24, 2.45) is 5.92 Å². The van der Waals surface area contributed by atoms with Gasteiger partial charge in [-0.3, -0.25) is 9.59 Å². The first kappa shape index (κ1) is 27.9. The highest BCUT2D eigenvalue weighted by molar-refractivity contribution is 5.91. The summed E-state index contributed by atoms with van der Waals surface area (Å²) in [6, 6.07) is 21.9. The molecule has 3 aromatic rings. The van der Waals surface area contributed by atoms with Gasteiger partial charge in [0.1, 0.15) is 5.82 Å². The number of amides is 2. The van der Waals surface area contributed by atoms with Crippen LogP contribution in [0.5, 0.6) is 0 Å². The smallest absolute Gasteiger partial charge is 0.230 e. The van der Waals surface area contributed by atoms with Gasteiger partial charge in [0.05, 0.1) is 5.92 Å². The number of carbonyl (C=O) groups is 2. The molecule has 0 bridgehead atoms. The lowest BCUT2D eigenvalue weighted by molar-refractivity contribution is -0.134. The van der Waals surface area contributed by atoms with Crippen molar-refractivity contribution in [1.29, 1.82) is 0 Å². The van der Waals surface area contributed by atoms with E-state index >= 15 is 0 Å². The minimum absolute atomic E-state index is 0.0111. The fourth-order valence-electron chi connectivity index (χ4n) is 4.50. The van der Waals surface area contributed by atoms with Gasteiger partial charge < -0.3 is 15.1 Å². The molecular weight excluding hydrogens is 465 g/mol. The summed E-state index contributed by atoms with van der Waals surface area (Å²) in [5.74, 6) is -0.367. The van der Waals surface area contributed by atoms with Crippen LogP contribution in [-0.4, -0.2) is 30.8 Å². The second-order valence-corrected chi connectivity index (χ2v) is 10.1. The zero-order chi connectivity index (χ0) is 26.9. The van der Waals surface area contributed by atoms with E-state index < -0.39 is 0 Å². The number of halogens is 1. The molecule has 0 aliphatic heterocycles. The number of hydrogen-bond donors (Lipinski definition) is 1. The van der Waals surface area contributed by atoms with E-state index in [2.05, 4.69) is 5.32 Å². The van der Waals surface area contributed by atoms with Gasteiger partial charge >= 0.3 is 0 Å². The fourth-order valence-corrected chi connectivity index (χ4v) is 4.50. The van der Waals surface area contributed by atoms with Crippen LogP contribution in [0.4, 0.5) is 15.8 Å². The molecule has 0 heterocycles. The molecule has 6 heteroatoms. The molecule has 0 aliphatic carbocycles. The van der Waals surface area contributed by atoms with Gasteiger partial charge in [-0.2, -0.15) is 0 Å². The Morgan fingerprint density at radius 3 is 2.19 bits per heavy atom. The van der Waals surface area contributed by atoms with Crippen LogP contribution in [0.1, 0.15) is 56.2 Å². The summed E-state index contributed by atoms with van der Waals surface area (Å²) >= 11 is 0. The lowest BCUT2D eigenvalue weighted by atomic mass is 9.94. The van der Waals surface area contributed by atoms with E-state index in [1.807, 2.05) is 93.2 Å². The van der Waals surface area contributed by atoms with E-state index in [-0.39, 0.29) is 29.5 Å².